The first-order valence-electron chi connectivity index (χ1n) is 7.51. The monoisotopic (exact) mass is 341 g/mol. The largest absolute Gasteiger partial charge is 0.458 e. The summed E-state index contributed by atoms with van der Waals surface area (Å²) in [6.45, 7) is 2.09. The summed E-state index contributed by atoms with van der Waals surface area (Å²) in [5.74, 6) is 0.123. The van der Waals surface area contributed by atoms with Gasteiger partial charge in [0.1, 0.15) is 6.61 Å². The van der Waals surface area contributed by atoms with Crippen LogP contribution in [0.15, 0.2) is 42.5 Å². The number of aryl methyl sites for hydroxylation is 1. The molecule has 3 rings (SSSR count). The molecule has 1 aliphatic rings. The number of ether oxygens (including phenoxy) is 3. The van der Waals surface area contributed by atoms with Crippen molar-refractivity contribution in [3.05, 3.63) is 69.3 Å². The number of hydrogen-bond donors (Lipinski definition) is 0. The maximum Gasteiger partial charge on any atom is 0.331 e. The Morgan fingerprint density at radius 3 is 2.76 bits per heavy atom. The number of nitro benzene ring substituents is 1. The van der Waals surface area contributed by atoms with Gasteiger partial charge in [-0.3, -0.25) is 10.1 Å². The van der Waals surface area contributed by atoms with Gasteiger partial charge in [-0.05, 0) is 24.6 Å². The minimum absolute atomic E-state index is 0.0121. The zero-order valence-corrected chi connectivity index (χ0v) is 13.4. The molecule has 7 nitrogen and oxygen atoms in total. The molecule has 25 heavy (non-hydrogen) atoms. The Morgan fingerprint density at radius 1 is 1.28 bits per heavy atom. The molecular weight excluding hydrogens is 326 g/mol. The van der Waals surface area contributed by atoms with Crippen LogP contribution in [0, 0.1) is 17.0 Å². The summed E-state index contributed by atoms with van der Waals surface area (Å²) >= 11 is 0. The van der Waals surface area contributed by atoms with Crippen LogP contribution in [0.2, 0.25) is 0 Å². The molecule has 0 bridgehead atoms. The predicted octanol–water partition coefficient (Wildman–Crippen LogP) is 3.39. The number of nitrogens with zero attached hydrogens (tertiary/aromatic N) is 1. The second kappa shape index (κ2) is 7.04. The molecule has 0 unspecified atom stereocenters. The van der Waals surface area contributed by atoms with Crippen molar-refractivity contribution in [2.24, 2.45) is 0 Å². The van der Waals surface area contributed by atoms with E-state index in [0.717, 1.165) is 17.2 Å². The van der Waals surface area contributed by atoms with Gasteiger partial charge in [-0.1, -0.05) is 29.8 Å². The van der Waals surface area contributed by atoms with E-state index >= 15 is 0 Å². The van der Waals surface area contributed by atoms with Gasteiger partial charge in [0.05, 0.1) is 16.6 Å². The van der Waals surface area contributed by atoms with Crippen molar-refractivity contribution in [2.45, 2.75) is 13.5 Å². The number of carbonyl (C=O) groups is 1. The molecule has 1 heterocycles. The van der Waals surface area contributed by atoms with E-state index in [4.69, 9.17) is 14.2 Å². The molecule has 0 atom stereocenters. The lowest BCUT2D eigenvalue weighted by atomic mass is 10.1. The number of nitro groups is 1. The Labute approximate surface area is 143 Å². The van der Waals surface area contributed by atoms with Crippen molar-refractivity contribution in [3.63, 3.8) is 0 Å². The quantitative estimate of drug-likeness (QED) is 0.358. The number of rotatable bonds is 5. The molecule has 7 heteroatoms. The van der Waals surface area contributed by atoms with Crippen molar-refractivity contribution in [2.75, 3.05) is 6.79 Å². The lowest BCUT2D eigenvalue weighted by Crippen LogP contribution is -2.01. The van der Waals surface area contributed by atoms with Crippen LogP contribution < -0.4 is 9.47 Å². The molecule has 1 aliphatic heterocycles. The van der Waals surface area contributed by atoms with Crippen LogP contribution in [-0.2, 0) is 16.1 Å². The summed E-state index contributed by atoms with van der Waals surface area (Å²) in [5.41, 5.74) is 2.00. The van der Waals surface area contributed by atoms with E-state index < -0.39 is 10.9 Å². The van der Waals surface area contributed by atoms with E-state index in [2.05, 4.69) is 0 Å². The molecule has 0 saturated carbocycles. The van der Waals surface area contributed by atoms with E-state index in [-0.39, 0.29) is 24.7 Å². The summed E-state index contributed by atoms with van der Waals surface area (Å²) in [4.78, 5) is 22.5. The highest BCUT2D eigenvalue weighted by Gasteiger charge is 2.22. The SMILES string of the molecule is Cc1cccc(COC(=O)/C=C/c2cc3c(cc2[N+](=O)[O-])OCO3)c1. The zero-order chi connectivity index (χ0) is 17.8. The molecule has 0 saturated heterocycles. The molecule has 128 valence electrons. The predicted molar refractivity (Wildman–Crippen MR) is 89.2 cm³/mol. The minimum atomic E-state index is -0.589. The molecule has 0 amide bonds. The van der Waals surface area contributed by atoms with Crippen molar-refractivity contribution in [3.8, 4) is 11.5 Å². The van der Waals surface area contributed by atoms with Gasteiger partial charge in [-0.15, -0.1) is 0 Å². The third kappa shape index (κ3) is 3.95. The molecule has 0 aliphatic carbocycles. The second-order valence-corrected chi connectivity index (χ2v) is 5.45. The van der Waals surface area contributed by atoms with Crippen LogP contribution >= 0.6 is 0 Å². The normalized spacial score (nSPS) is 12.4. The maximum atomic E-state index is 11.9. The zero-order valence-electron chi connectivity index (χ0n) is 13.4. The smallest absolute Gasteiger partial charge is 0.331 e. The van der Waals surface area contributed by atoms with Crippen molar-refractivity contribution in [1.82, 2.24) is 0 Å². The van der Waals surface area contributed by atoms with Crippen LogP contribution in [0.25, 0.3) is 6.08 Å². The summed E-state index contributed by atoms with van der Waals surface area (Å²) in [7, 11) is 0. The van der Waals surface area contributed by atoms with E-state index in [1.165, 1.54) is 18.2 Å². The van der Waals surface area contributed by atoms with E-state index in [0.29, 0.717) is 11.5 Å². The standard InChI is InChI=1S/C18H15NO6/c1-12-3-2-4-13(7-12)10-23-18(20)6-5-14-8-16-17(25-11-24-16)9-15(14)19(21)22/h2-9H,10-11H2,1H3/b6-5+. The van der Waals surface area contributed by atoms with Crippen molar-refractivity contribution < 1.29 is 23.9 Å². The van der Waals surface area contributed by atoms with Crippen LogP contribution in [0.4, 0.5) is 5.69 Å². The third-order valence-corrected chi connectivity index (χ3v) is 3.58. The van der Waals surface area contributed by atoms with Crippen LogP contribution in [0.1, 0.15) is 16.7 Å². The Balaban J connectivity index is 1.71. The first-order chi connectivity index (χ1) is 12.0. The molecule has 0 fully saturated rings. The topological polar surface area (TPSA) is 87.9 Å². The fourth-order valence-corrected chi connectivity index (χ4v) is 2.40. The van der Waals surface area contributed by atoms with Gasteiger partial charge in [0.2, 0.25) is 6.79 Å². The second-order valence-electron chi connectivity index (χ2n) is 5.45. The lowest BCUT2D eigenvalue weighted by molar-refractivity contribution is -0.385. The molecular formula is C18H15NO6. The van der Waals surface area contributed by atoms with Gasteiger partial charge in [0.25, 0.3) is 5.69 Å². The average molecular weight is 341 g/mol. The third-order valence-electron chi connectivity index (χ3n) is 3.58. The number of hydrogen-bond acceptors (Lipinski definition) is 6. The minimum Gasteiger partial charge on any atom is -0.458 e. The fourth-order valence-electron chi connectivity index (χ4n) is 2.40. The van der Waals surface area contributed by atoms with Crippen molar-refractivity contribution in [1.29, 1.82) is 0 Å². The highest BCUT2D eigenvalue weighted by atomic mass is 16.7. The molecule has 0 aromatic heterocycles. The average Bonchev–Trinajstić information content (AvgIpc) is 3.04. The highest BCUT2D eigenvalue weighted by molar-refractivity contribution is 5.88. The molecule has 2 aromatic rings. The van der Waals surface area contributed by atoms with Gasteiger partial charge in [-0.2, -0.15) is 0 Å². The number of esters is 1. The first kappa shape index (κ1) is 16.5. The fraction of sp³-hybridized carbons (Fsp3) is 0.167. The van der Waals surface area contributed by atoms with E-state index in [1.54, 1.807) is 0 Å². The van der Waals surface area contributed by atoms with Crippen LogP contribution in [-0.4, -0.2) is 17.7 Å². The summed E-state index contributed by atoms with van der Waals surface area (Å²) in [6.07, 6.45) is 2.49. The summed E-state index contributed by atoms with van der Waals surface area (Å²) in [6, 6.07) is 10.3. The van der Waals surface area contributed by atoms with Gasteiger partial charge in [-0.25, -0.2) is 4.79 Å². The molecule has 2 aromatic carbocycles. The Morgan fingerprint density at radius 2 is 2.04 bits per heavy atom. The summed E-state index contributed by atoms with van der Waals surface area (Å²) < 4.78 is 15.5. The van der Waals surface area contributed by atoms with Crippen molar-refractivity contribution >= 4 is 17.7 Å². The number of fused-ring (bicyclic) bond motifs is 1. The molecule has 0 radical (unpaired) electrons. The van der Waals surface area contributed by atoms with Gasteiger partial charge >= 0.3 is 5.97 Å². The maximum absolute atomic E-state index is 11.9. The first-order valence-corrected chi connectivity index (χ1v) is 7.51. The lowest BCUT2D eigenvalue weighted by Gasteiger charge is -2.03. The Bertz CT molecular complexity index is 859. The van der Waals surface area contributed by atoms with Gasteiger partial charge < -0.3 is 14.2 Å². The number of carbonyl (C=O) groups excluding carboxylic acids is 1. The van der Waals surface area contributed by atoms with Crippen LogP contribution in [0.3, 0.4) is 0 Å². The van der Waals surface area contributed by atoms with Gasteiger partial charge in [0.15, 0.2) is 11.5 Å². The van der Waals surface area contributed by atoms with E-state index in [9.17, 15) is 14.9 Å². The van der Waals surface area contributed by atoms with Crippen LogP contribution in [0.5, 0.6) is 11.5 Å². The Kier molecular flexibility index (Phi) is 4.65. The molecule has 0 spiro atoms. The Hall–Kier alpha value is -3.35. The van der Waals surface area contributed by atoms with E-state index in [1.807, 2.05) is 31.2 Å². The van der Waals surface area contributed by atoms with Gasteiger partial charge in [0, 0.05) is 6.08 Å². The highest BCUT2D eigenvalue weighted by Crippen LogP contribution is 2.38. The number of benzene rings is 2. The summed E-state index contributed by atoms with van der Waals surface area (Å²) in [5, 5.41) is 11.2. The molecule has 0 N–H and O–H groups in total.